The summed E-state index contributed by atoms with van der Waals surface area (Å²) in [4.78, 5) is 27.5. The molecule has 0 aliphatic rings. The van der Waals surface area contributed by atoms with Gasteiger partial charge in [0.05, 0.1) is 5.56 Å². The number of carbonyl (C=O) groups is 1. The van der Waals surface area contributed by atoms with E-state index in [-0.39, 0.29) is 22.1 Å². The van der Waals surface area contributed by atoms with E-state index in [1.165, 1.54) is 12.1 Å². The minimum Gasteiger partial charge on any atom is -0.326 e. The molecule has 1 heterocycles. The average Bonchev–Trinajstić information content (AvgIpc) is 2.53. The van der Waals surface area contributed by atoms with Crippen LogP contribution in [0.1, 0.15) is 40.1 Å². The summed E-state index contributed by atoms with van der Waals surface area (Å²) in [5.74, 6) is -2.77. The molecule has 0 fully saturated rings. The topological polar surface area (TPSA) is 76.0 Å². The van der Waals surface area contributed by atoms with Crippen LogP contribution in [0.15, 0.2) is 41.2 Å². The van der Waals surface area contributed by atoms with Crippen molar-refractivity contribution in [3.8, 4) is 0 Å². The summed E-state index contributed by atoms with van der Waals surface area (Å²) in [5, 5.41) is 0.633. The highest BCUT2D eigenvalue weighted by atomic mass is 19.1. The van der Waals surface area contributed by atoms with Gasteiger partial charge in [-0.2, -0.15) is 0 Å². The van der Waals surface area contributed by atoms with E-state index in [2.05, 4.69) is 4.98 Å². The van der Waals surface area contributed by atoms with Gasteiger partial charge in [0.1, 0.15) is 11.6 Å². The van der Waals surface area contributed by atoms with Crippen molar-refractivity contribution in [2.45, 2.75) is 19.9 Å². The van der Waals surface area contributed by atoms with Gasteiger partial charge in [-0.05, 0) is 43.7 Å². The number of aryl methyl sites for hydroxylation is 1. The molecule has 0 amide bonds. The van der Waals surface area contributed by atoms with Gasteiger partial charge >= 0.3 is 0 Å². The second kappa shape index (κ2) is 6.22. The zero-order valence-electron chi connectivity index (χ0n) is 13.7. The number of ketones is 1. The number of pyridine rings is 1. The number of nitrogens with two attached hydrogens (primary N) is 1. The summed E-state index contributed by atoms with van der Waals surface area (Å²) in [6.45, 7) is 3.26. The molecule has 0 aliphatic carbocycles. The van der Waals surface area contributed by atoms with Crippen molar-refractivity contribution in [3.63, 3.8) is 0 Å². The molecular weight excluding hydrogens is 326 g/mol. The summed E-state index contributed by atoms with van der Waals surface area (Å²) in [5.41, 5.74) is 5.50. The van der Waals surface area contributed by atoms with Crippen molar-refractivity contribution in [1.29, 1.82) is 0 Å². The number of carbonyl (C=O) groups excluding carboxylic acids is 1. The summed E-state index contributed by atoms with van der Waals surface area (Å²) in [6.07, 6.45) is 0. The third kappa shape index (κ3) is 2.96. The lowest BCUT2D eigenvalue weighted by atomic mass is 9.95. The number of hydrogen-bond donors (Lipinski definition) is 2. The first-order valence-electron chi connectivity index (χ1n) is 7.71. The van der Waals surface area contributed by atoms with E-state index < -0.39 is 29.0 Å². The fraction of sp³-hybridized carbons (Fsp3) is 0.158. The summed E-state index contributed by atoms with van der Waals surface area (Å²) < 4.78 is 28.8. The lowest BCUT2D eigenvalue weighted by molar-refractivity contribution is 0.103. The first-order chi connectivity index (χ1) is 11.8. The highest BCUT2D eigenvalue weighted by Gasteiger charge is 2.23. The summed E-state index contributed by atoms with van der Waals surface area (Å²) in [7, 11) is 0. The fourth-order valence-electron chi connectivity index (χ4n) is 2.82. The molecule has 4 nitrogen and oxygen atoms in total. The SMILES string of the molecule is Cc1cc2c(C(=O)c3c(F)cc([C@@H](C)N)cc3F)cccc2c(=O)[nH]1. The molecule has 1 atom stereocenters. The predicted molar refractivity (Wildman–Crippen MR) is 91.7 cm³/mol. The molecule has 128 valence electrons. The fourth-order valence-corrected chi connectivity index (χ4v) is 2.82. The van der Waals surface area contributed by atoms with Crippen LogP contribution in [-0.4, -0.2) is 10.8 Å². The third-order valence-electron chi connectivity index (χ3n) is 4.08. The van der Waals surface area contributed by atoms with Gasteiger partial charge in [0.2, 0.25) is 0 Å². The van der Waals surface area contributed by atoms with Gasteiger partial charge < -0.3 is 10.7 Å². The minimum atomic E-state index is -0.976. The van der Waals surface area contributed by atoms with Gasteiger partial charge in [-0.3, -0.25) is 9.59 Å². The molecule has 0 aliphatic heterocycles. The van der Waals surface area contributed by atoms with Gasteiger partial charge in [0.15, 0.2) is 5.78 Å². The largest absolute Gasteiger partial charge is 0.326 e. The molecule has 0 saturated heterocycles. The van der Waals surface area contributed by atoms with Gasteiger partial charge in [0, 0.05) is 28.1 Å². The maximum Gasteiger partial charge on any atom is 0.256 e. The van der Waals surface area contributed by atoms with Crippen molar-refractivity contribution in [1.82, 2.24) is 4.98 Å². The van der Waals surface area contributed by atoms with Gasteiger partial charge in [0.25, 0.3) is 5.56 Å². The standard InChI is InChI=1S/C19H16F2N2O2/c1-9-6-14-12(4-3-5-13(14)19(25)23-9)18(24)17-15(20)7-11(10(2)22)8-16(17)21/h3-8,10H,22H2,1-2H3,(H,23,25)/t10-/m1/s1. The summed E-state index contributed by atoms with van der Waals surface area (Å²) in [6, 6.07) is 7.67. The molecule has 0 radical (unpaired) electrons. The normalized spacial score (nSPS) is 12.4. The van der Waals surface area contributed by atoms with Crippen LogP contribution in [0.4, 0.5) is 8.78 Å². The van der Waals surface area contributed by atoms with Crippen LogP contribution in [0.2, 0.25) is 0 Å². The molecule has 3 aromatic rings. The molecule has 0 bridgehead atoms. The van der Waals surface area contributed by atoms with Crippen LogP contribution >= 0.6 is 0 Å². The van der Waals surface area contributed by atoms with Crippen LogP contribution in [0.3, 0.4) is 0 Å². The van der Waals surface area contributed by atoms with E-state index in [4.69, 9.17) is 5.73 Å². The second-order valence-corrected chi connectivity index (χ2v) is 6.03. The Bertz CT molecular complexity index is 1030. The van der Waals surface area contributed by atoms with E-state index in [9.17, 15) is 18.4 Å². The molecular formula is C19H16F2N2O2. The molecule has 2 aromatic carbocycles. The lowest BCUT2D eigenvalue weighted by Crippen LogP contribution is -2.14. The van der Waals surface area contributed by atoms with Gasteiger partial charge in [-0.1, -0.05) is 12.1 Å². The number of H-pyrrole nitrogens is 1. The van der Waals surface area contributed by atoms with Crippen LogP contribution in [0.5, 0.6) is 0 Å². The van der Waals surface area contributed by atoms with Crippen LogP contribution < -0.4 is 11.3 Å². The average molecular weight is 342 g/mol. The Balaban J connectivity index is 2.24. The Hall–Kier alpha value is -2.86. The third-order valence-corrected chi connectivity index (χ3v) is 4.08. The first-order valence-corrected chi connectivity index (χ1v) is 7.71. The number of aromatic nitrogens is 1. The Labute approximate surface area is 142 Å². The van der Waals surface area contributed by atoms with Crippen molar-refractivity contribution < 1.29 is 13.6 Å². The first kappa shape index (κ1) is 17.0. The molecule has 0 unspecified atom stereocenters. The van der Waals surface area contributed by atoms with Gasteiger partial charge in [-0.25, -0.2) is 8.78 Å². The van der Waals surface area contributed by atoms with E-state index >= 15 is 0 Å². The number of rotatable bonds is 3. The Kier molecular flexibility index (Phi) is 4.22. The highest BCUT2D eigenvalue weighted by Crippen LogP contribution is 2.25. The Morgan fingerprint density at radius 2 is 1.76 bits per heavy atom. The number of halogens is 2. The number of benzene rings is 2. The van der Waals surface area contributed by atoms with Crippen molar-refractivity contribution in [2.75, 3.05) is 0 Å². The van der Waals surface area contributed by atoms with Crippen LogP contribution in [0, 0.1) is 18.6 Å². The molecule has 3 N–H and O–H groups in total. The van der Waals surface area contributed by atoms with E-state index in [1.807, 2.05) is 0 Å². The zero-order chi connectivity index (χ0) is 18.3. The highest BCUT2D eigenvalue weighted by molar-refractivity contribution is 6.16. The maximum atomic E-state index is 14.4. The molecule has 0 spiro atoms. The molecule has 6 heteroatoms. The number of hydrogen-bond acceptors (Lipinski definition) is 3. The van der Waals surface area contributed by atoms with Gasteiger partial charge in [-0.15, -0.1) is 0 Å². The quantitative estimate of drug-likeness (QED) is 0.717. The zero-order valence-corrected chi connectivity index (χ0v) is 13.7. The van der Waals surface area contributed by atoms with Crippen molar-refractivity contribution >= 4 is 16.6 Å². The van der Waals surface area contributed by atoms with E-state index in [0.29, 0.717) is 11.1 Å². The lowest BCUT2D eigenvalue weighted by Gasteiger charge is -2.11. The molecule has 0 saturated carbocycles. The monoisotopic (exact) mass is 342 g/mol. The maximum absolute atomic E-state index is 14.4. The second-order valence-electron chi connectivity index (χ2n) is 6.03. The summed E-state index contributed by atoms with van der Waals surface area (Å²) >= 11 is 0. The number of aromatic amines is 1. The minimum absolute atomic E-state index is 0.0676. The van der Waals surface area contributed by atoms with Crippen LogP contribution in [-0.2, 0) is 0 Å². The Morgan fingerprint density at radius 1 is 1.12 bits per heavy atom. The van der Waals surface area contributed by atoms with Crippen LogP contribution in [0.25, 0.3) is 10.8 Å². The smallest absolute Gasteiger partial charge is 0.256 e. The Morgan fingerprint density at radius 3 is 2.36 bits per heavy atom. The predicted octanol–water partition coefficient (Wildman–Crippen LogP) is 3.37. The molecule has 25 heavy (non-hydrogen) atoms. The number of fused-ring (bicyclic) bond motifs is 1. The van der Waals surface area contributed by atoms with Crippen molar-refractivity contribution in [3.05, 3.63) is 80.8 Å². The van der Waals surface area contributed by atoms with Crippen molar-refractivity contribution in [2.24, 2.45) is 5.73 Å². The molecule has 1 aromatic heterocycles. The van der Waals surface area contributed by atoms with E-state index in [1.54, 1.807) is 26.0 Å². The molecule has 3 rings (SSSR count). The van der Waals surface area contributed by atoms with E-state index in [0.717, 1.165) is 12.1 Å². The number of nitrogens with one attached hydrogen (secondary N) is 1.